The Balaban J connectivity index is 2.37. The average molecular weight is 304 g/mol. The number of rotatable bonds is 5. The number of carbonyl (C=O) groups excluding carboxylic acids is 1. The molecule has 0 aromatic heterocycles. The quantitative estimate of drug-likeness (QED) is 0.670. The largest absolute Gasteiger partial charge is 0.465 e. The van der Waals surface area contributed by atoms with Crippen LogP contribution in [0, 0.1) is 6.92 Å². The Morgan fingerprint density at radius 2 is 2.31 bits per heavy atom. The van der Waals surface area contributed by atoms with E-state index in [1.165, 1.54) is 17.5 Å². The van der Waals surface area contributed by atoms with Crippen molar-refractivity contribution in [2.24, 2.45) is 0 Å². The van der Waals surface area contributed by atoms with Crippen molar-refractivity contribution in [1.29, 1.82) is 0 Å². The summed E-state index contributed by atoms with van der Waals surface area (Å²) in [6, 6.07) is 6.02. The Bertz CT molecular complexity index is 371. The SMILES string of the molecule is CCOC(=O)CNSc1ccc(Br)c(C)c1. The fraction of sp³-hybridized carbons (Fsp3) is 0.364. The Labute approximate surface area is 108 Å². The molecule has 1 rings (SSSR count). The van der Waals surface area contributed by atoms with Crippen LogP contribution >= 0.6 is 27.9 Å². The summed E-state index contributed by atoms with van der Waals surface area (Å²) in [5, 5.41) is 0. The van der Waals surface area contributed by atoms with Gasteiger partial charge in [-0.1, -0.05) is 15.9 Å². The molecule has 0 fully saturated rings. The third-order valence-electron chi connectivity index (χ3n) is 1.84. The van der Waals surface area contributed by atoms with Crippen LogP contribution in [0.5, 0.6) is 0 Å². The smallest absolute Gasteiger partial charge is 0.320 e. The van der Waals surface area contributed by atoms with Gasteiger partial charge in [0.15, 0.2) is 0 Å². The van der Waals surface area contributed by atoms with Crippen LogP contribution in [-0.4, -0.2) is 19.1 Å². The molecule has 1 aromatic carbocycles. The monoisotopic (exact) mass is 303 g/mol. The van der Waals surface area contributed by atoms with E-state index in [2.05, 4.69) is 20.7 Å². The van der Waals surface area contributed by atoms with Gasteiger partial charge in [0.05, 0.1) is 6.61 Å². The summed E-state index contributed by atoms with van der Waals surface area (Å²) in [4.78, 5) is 12.1. The number of aryl methyl sites for hydroxylation is 1. The van der Waals surface area contributed by atoms with Crippen LogP contribution in [0.2, 0.25) is 0 Å². The van der Waals surface area contributed by atoms with E-state index in [0.717, 1.165) is 9.37 Å². The van der Waals surface area contributed by atoms with Gasteiger partial charge in [-0.3, -0.25) is 4.79 Å². The fourth-order valence-electron chi connectivity index (χ4n) is 1.07. The Hall–Kier alpha value is -0.520. The molecule has 88 valence electrons. The predicted octanol–water partition coefficient (Wildman–Crippen LogP) is 2.92. The van der Waals surface area contributed by atoms with Crippen molar-refractivity contribution in [3.8, 4) is 0 Å². The highest BCUT2D eigenvalue weighted by molar-refractivity contribution is 9.10. The van der Waals surface area contributed by atoms with Crippen molar-refractivity contribution in [2.75, 3.05) is 13.2 Å². The standard InChI is InChI=1S/C11H14BrNO2S/c1-3-15-11(14)7-13-16-9-4-5-10(12)8(2)6-9/h4-6,13H,3,7H2,1-2H3. The molecule has 5 heteroatoms. The first-order valence-electron chi connectivity index (χ1n) is 4.95. The molecule has 0 spiro atoms. The maximum Gasteiger partial charge on any atom is 0.320 e. The Kier molecular flexibility index (Phi) is 5.87. The van der Waals surface area contributed by atoms with E-state index in [-0.39, 0.29) is 12.5 Å². The Morgan fingerprint density at radius 3 is 2.94 bits per heavy atom. The van der Waals surface area contributed by atoms with E-state index in [1.807, 2.05) is 25.1 Å². The molecular formula is C11H14BrNO2S. The van der Waals surface area contributed by atoms with Crippen LogP contribution in [0.15, 0.2) is 27.6 Å². The Morgan fingerprint density at radius 1 is 1.56 bits per heavy atom. The van der Waals surface area contributed by atoms with Gasteiger partial charge < -0.3 is 4.74 Å². The highest BCUT2D eigenvalue weighted by atomic mass is 79.9. The molecule has 0 saturated heterocycles. The first-order chi connectivity index (χ1) is 7.63. The molecule has 0 amide bonds. The number of hydrogen-bond acceptors (Lipinski definition) is 4. The van der Waals surface area contributed by atoms with Crippen LogP contribution in [0.25, 0.3) is 0 Å². The summed E-state index contributed by atoms with van der Waals surface area (Å²) in [5.74, 6) is -0.233. The molecule has 0 radical (unpaired) electrons. The summed E-state index contributed by atoms with van der Waals surface area (Å²) in [7, 11) is 0. The molecule has 0 heterocycles. The van der Waals surface area contributed by atoms with E-state index < -0.39 is 0 Å². The van der Waals surface area contributed by atoms with E-state index in [9.17, 15) is 4.79 Å². The summed E-state index contributed by atoms with van der Waals surface area (Å²) in [5.41, 5.74) is 1.17. The lowest BCUT2D eigenvalue weighted by molar-refractivity contribution is -0.141. The summed E-state index contributed by atoms with van der Waals surface area (Å²) >= 11 is 4.86. The first-order valence-corrected chi connectivity index (χ1v) is 6.56. The van der Waals surface area contributed by atoms with Crippen LogP contribution in [-0.2, 0) is 9.53 Å². The molecule has 3 nitrogen and oxygen atoms in total. The summed E-state index contributed by atoms with van der Waals surface area (Å²) < 4.78 is 8.85. The lowest BCUT2D eigenvalue weighted by Crippen LogP contribution is -2.19. The van der Waals surface area contributed by atoms with Crippen molar-refractivity contribution in [2.45, 2.75) is 18.7 Å². The molecule has 0 atom stereocenters. The molecule has 0 aliphatic heterocycles. The summed E-state index contributed by atoms with van der Waals surface area (Å²) in [6.45, 7) is 4.46. The van der Waals surface area contributed by atoms with Gasteiger partial charge in [-0.15, -0.1) is 0 Å². The number of carbonyl (C=O) groups is 1. The topological polar surface area (TPSA) is 38.3 Å². The minimum absolute atomic E-state index is 0.216. The molecule has 16 heavy (non-hydrogen) atoms. The van der Waals surface area contributed by atoms with Crippen molar-refractivity contribution in [3.05, 3.63) is 28.2 Å². The van der Waals surface area contributed by atoms with Gasteiger partial charge in [-0.25, -0.2) is 4.72 Å². The first kappa shape index (κ1) is 13.5. The average Bonchev–Trinajstić information content (AvgIpc) is 2.24. The maximum absolute atomic E-state index is 11.0. The number of esters is 1. The molecule has 0 bridgehead atoms. The van der Waals surface area contributed by atoms with Crippen molar-refractivity contribution >= 4 is 33.8 Å². The minimum atomic E-state index is -0.233. The van der Waals surface area contributed by atoms with Gasteiger partial charge in [-0.2, -0.15) is 0 Å². The third kappa shape index (κ3) is 4.55. The number of nitrogens with one attached hydrogen (secondary N) is 1. The number of ether oxygens (including phenoxy) is 1. The molecule has 1 N–H and O–H groups in total. The third-order valence-corrected chi connectivity index (χ3v) is 3.51. The molecule has 1 aromatic rings. The van der Waals surface area contributed by atoms with Crippen molar-refractivity contribution in [1.82, 2.24) is 4.72 Å². The second-order valence-electron chi connectivity index (χ2n) is 3.14. The highest BCUT2D eigenvalue weighted by Crippen LogP contribution is 2.22. The molecule has 0 aliphatic carbocycles. The van der Waals surface area contributed by atoms with Gasteiger partial charge in [0.2, 0.25) is 0 Å². The fourth-order valence-corrected chi connectivity index (χ4v) is 2.05. The van der Waals surface area contributed by atoms with Gasteiger partial charge in [0.1, 0.15) is 6.54 Å². The van der Waals surface area contributed by atoms with Crippen molar-refractivity contribution < 1.29 is 9.53 Å². The molecular weight excluding hydrogens is 290 g/mol. The number of hydrogen-bond donors (Lipinski definition) is 1. The van der Waals surface area contributed by atoms with Gasteiger partial charge >= 0.3 is 5.97 Å². The zero-order valence-electron chi connectivity index (χ0n) is 9.25. The zero-order chi connectivity index (χ0) is 12.0. The molecule has 0 saturated carbocycles. The molecule has 0 unspecified atom stereocenters. The van der Waals surface area contributed by atoms with Crippen LogP contribution < -0.4 is 4.72 Å². The number of benzene rings is 1. The lowest BCUT2D eigenvalue weighted by Gasteiger charge is -2.05. The van der Waals surface area contributed by atoms with E-state index >= 15 is 0 Å². The van der Waals surface area contributed by atoms with Gasteiger partial charge in [-0.05, 0) is 49.6 Å². The van der Waals surface area contributed by atoms with Crippen molar-refractivity contribution in [3.63, 3.8) is 0 Å². The zero-order valence-corrected chi connectivity index (χ0v) is 11.7. The maximum atomic E-state index is 11.0. The van der Waals surface area contributed by atoms with Crippen LogP contribution in [0.4, 0.5) is 0 Å². The van der Waals surface area contributed by atoms with E-state index in [4.69, 9.17) is 4.74 Å². The summed E-state index contributed by atoms with van der Waals surface area (Å²) in [6.07, 6.45) is 0. The van der Waals surface area contributed by atoms with Crippen LogP contribution in [0.3, 0.4) is 0 Å². The molecule has 0 aliphatic rings. The number of halogens is 1. The predicted molar refractivity (Wildman–Crippen MR) is 69.4 cm³/mol. The normalized spacial score (nSPS) is 10.2. The highest BCUT2D eigenvalue weighted by Gasteiger charge is 2.02. The van der Waals surface area contributed by atoms with E-state index in [0.29, 0.717) is 6.61 Å². The minimum Gasteiger partial charge on any atom is -0.465 e. The lowest BCUT2D eigenvalue weighted by atomic mass is 10.2. The van der Waals surface area contributed by atoms with Crippen LogP contribution in [0.1, 0.15) is 12.5 Å². The van der Waals surface area contributed by atoms with Gasteiger partial charge in [0, 0.05) is 9.37 Å². The van der Waals surface area contributed by atoms with E-state index in [1.54, 1.807) is 6.92 Å². The van der Waals surface area contributed by atoms with Gasteiger partial charge in [0.25, 0.3) is 0 Å². The second kappa shape index (κ2) is 6.93. The second-order valence-corrected chi connectivity index (χ2v) is 4.96.